The van der Waals surface area contributed by atoms with Crippen molar-refractivity contribution >= 4 is 18.6 Å². The van der Waals surface area contributed by atoms with E-state index in [1.165, 1.54) is 14.2 Å². The third-order valence-electron chi connectivity index (χ3n) is 2.54. The van der Waals surface area contributed by atoms with Gasteiger partial charge in [-0.25, -0.2) is 4.79 Å². The molecule has 2 rings (SSSR count). The van der Waals surface area contributed by atoms with Gasteiger partial charge in [0.05, 0.1) is 20.8 Å². The summed E-state index contributed by atoms with van der Waals surface area (Å²) in [5, 5.41) is 9.62. The highest BCUT2D eigenvalue weighted by Crippen LogP contribution is 2.23. The minimum atomic E-state index is -1.05. The monoisotopic (exact) mass is 222 g/mol. The molecule has 0 aromatic heterocycles. The number of methoxy groups -OCH3 is 2. The zero-order chi connectivity index (χ0) is 11.7. The van der Waals surface area contributed by atoms with Gasteiger partial charge in [-0.2, -0.15) is 0 Å². The second-order valence-electron chi connectivity index (χ2n) is 3.37. The predicted molar refractivity (Wildman–Crippen MR) is 56.7 cm³/mol. The predicted octanol–water partition coefficient (Wildman–Crippen LogP) is -0.301. The minimum absolute atomic E-state index is 0.285. The Kier molecular flexibility index (Phi) is 2.85. The van der Waals surface area contributed by atoms with Crippen LogP contribution in [0.15, 0.2) is 12.1 Å². The van der Waals surface area contributed by atoms with Crippen molar-refractivity contribution in [1.29, 1.82) is 0 Å². The van der Waals surface area contributed by atoms with E-state index in [0.29, 0.717) is 17.8 Å². The third kappa shape index (κ3) is 1.56. The fraction of sp³-hybridized carbons (Fsp3) is 0.300. The molecule has 1 heterocycles. The number of fused-ring (bicyclic) bond motifs is 1. The zero-order valence-electron chi connectivity index (χ0n) is 9.02. The average molecular weight is 222 g/mol. The van der Waals surface area contributed by atoms with Crippen molar-refractivity contribution in [3.63, 3.8) is 0 Å². The lowest BCUT2D eigenvalue weighted by Gasteiger charge is -2.11. The van der Waals surface area contributed by atoms with E-state index >= 15 is 0 Å². The molecular weight excluding hydrogens is 211 g/mol. The van der Waals surface area contributed by atoms with Gasteiger partial charge in [0, 0.05) is 5.46 Å². The summed E-state index contributed by atoms with van der Waals surface area (Å²) in [6, 6.07) is 3.32. The largest absolute Gasteiger partial charge is 0.496 e. The molecule has 0 saturated carbocycles. The number of carbonyl (C=O) groups is 1. The van der Waals surface area contributed by atoms with Crippen molar-refractivity contribution in [3.8, 4) is 5.75 Å². The Labute approximate surface area is 93.1 Å². The van der Waals surface area contributed by atoms with Gasteiger partial charge in [0.2, 0.25) is 0 Å². The molecule has 0 bridgehead atoms. The lowest BCUT2D eigenvalue weighted by Crippen LogP contribution is -2.31. The fourth-order valence-corrected chi connectivity index (χ4v) is 1.78. The highest BCUT2D eigenvalue weighted by atomic mass is 16.5. The van der Waals surface area contributed by atoms with Crippen LogP contribution < -0.4 is 10.2 Å². The summed E-state index contributed by atoms with van der Waals surface area (Å²) in [7, 11) is 1.68. The van der Waals surface area contributed by atoms with E-state index in [2.05, 4.69) is 4.74 Å². The second kappa shape index (κ2) is 4.15. The van der Waals surface area contributed by atoms with Crippen molar-refractivity contribution in [2.24, 2.45) is 0 Å². The van der Waals surface area contributed by atoms with Crippen LogP contribution in [0.2, 0.25) is 0 Å². The number of carbonyl (C=O) groups excluding carboxylic acids is 1. The van der Waals surface area contributed by atoms with Crippen LogP contribution >= 0.6 is 0 Å². The Morgan fingerprint density at radius 1 is 1.50 bits per heavy atom. The number of ether oxygens (including phenoxy) is 2. The minimum Gasteiger partial charge on any atom is -0.496 e. The third-order valence-corrected chi connectivity index (χ3v) is 2.54. The topological polar surface area (TPSA) is 65.0 Å². The molecule has 5 nitrogen and oxygen atoms in total. The number of benzene rings is 1. The zero-order valence-corrected chi connectivity index (χ0v) is 9.02. The summed E-state index contributed by atoms with van der Waals surface area (Å²) >= 11 is 0. The molecule has 6 heteroatoms. The van der Waals surface area contributed by atoms with Gasteiger partial charge in [-0.3, -0.25) is 0 Å². The first-order valence-corrected chi connectivity index (χ1v) is 4.76. The Morgan fingerprint density at radius 3 is 2.88 bits per heavy atom. The highest BCUT2D eigenvalue weighted by molar-refractivity contribution is 6.62. The molecule has 1 aromatic carbocycles. The Balaban J connectivity index is 2.57. The molecule has 1 N–H and O–H groups in total. The van der Waals surface area contributed by atoms with Crippen molar-refractivity contribution in [3.05, 3.63) is 23.3 Å². The smallest absolute Gasteiger partial charge is 0.495 e. The number of hydrogen-bond donors (Lipinski definition) is 1. The van der Waals surface area contributed by atoms with E-state index in [-0.39, 0.29) is 5.56 Å². The first kappa shape index (κ1) is 11.0. The van der Waals surface area contributed by atoms with Crippen LogP contribution in [0.4, 0.5) is 0 Å². The summed E-state index contributed by atoms with van der Waals surface area (Å²) in [4.78, 5) is 11.5. The van der Waals surface area contributed by atoms with Crippen LogP contribution in [0.25, 0.3) is 0 Å². The highest BCUT2D eigenvalue weighted by Gasteiger charge is 2.33. The first-order valence-electron chi connectivity index (χ1n) is 4.76. The molecule has 0 unspecified atom stereocenters. The van der Waals surface area contributed by atoms with Crippen molar-refractivity contribution in [2.45, 2.75) is 6.61 Å². The molecule has 16 heavy (non-hydrogen) atoms. The lowest BCUT2D eigenvalue weighted by molar-refractivity contribution is 0.0597. The molecule has 0 fully saturated rings. The number of hydrogen-bond acceptors (Lipinski definition) is 5. The van der Waals surface area contributed by atoms with Gasteiger partial charge in [0.25, 0.3) is 0 Å². The van der Waals surface area contributed by atoms with Gasteiger partial charge >= 0.3 is 13.1 Å². The lowest BCUT2D eigenvalue weighted by atomic mass is 9.77. The van der Waals surface area contributed by atoms with E-state index in [1.807, 2.05) is 0 Å². The summed E-state index contributed by atoms with van der Waals surface area (Å²) in [5.74, 6) is -0.187. The number of esters is 1. The van der Waals surface area contributed by atoms with Gasteiger partial charge in [-0.15, -0.1) is 0 Å². The van der Waals surface area contributed by atoms with Gasteiger partial charge in [-0.05, 0) is 11.6 Å². The van der Waals surface area contributed by atoms with E-state index in [4.69, 9.17) is 9.39 Å². The summed E-state index contributed by atoms with van der Waals surface area (Å²) < 4.78 is 14.8. The Bertz CT molecular complexity index is 431. The van der Waals surface area contributed by atoms with Crippen LogP contribution in [0, 0.1) is 0 Å². The molecule has 1 aliphatic rings. The molecule has 0 saturated heterocycles. The quantitative estimate of drug-likeness (QED) is 0.549. The summed E-state index contributed by atoms with van der Waals surface area (Å²) in [6.45, 7) is 0.314. The van der Waals surface area contributed by atoms with Gasteiger partial charge in [-0.1, -0.05) is 6.07 Å². The normalized spacial score (nSPS) is 13.6. The maximum Gasteiger partial charge on any atom is 0.495 e. The molecule has 0 aliphatic carbocycles. The van der Waals surface area contributed by atoms with Crippen molar-refractivity contribution < 1.29 is 23.9 Å². The van der Waals surface area contributed by atoms with Crippen LogP contribution in [0.5, 0.6) is 5.75 Å². The SMILES string of the molecule is COC(=O)c1ccc2c(c1OC)B(O)OC2. The van der Waals surface area contributed by atoms with E-state index in [0.717, 1.165) is 5.56 Å². The molecule has 0 spiro atoms. The van der Waals surface area contributed by atoms with Gasteiger partial charge in [0.1, 0.15) is 11.3 Å². The number of rotatable bonds is 2. The van der Waals surface area contributed by atoms with Crippen molar-refractivity contribution in [2.75, 3.05) is 14.2 Å². The van der Waals surface area contributed by atoms with Gasteiger partial charge < -0.3 is 19.2 Å². The Morgan fingerprint density at radius 2 is 2.25 bits per heavy atom. The maximum absolute atomic E-state index is 11.5. The average Bonchev–Trinajstić information content (AvgIpc) is 2.69. The fourth-order valence-electron chi connectivity index (χ4n) is 1.78. The van der Waals surface area contributed by atoms with Crippen LogP contribution in [-0.2, 0) is 16.0 Å². The van der Waals surface area contributed by atoms with E-state index in [1.54, 1.807) is 12.1 Å². The Hall–Kier alpha value is -1.53. The van der Waals surface area contributed by atoms with Gasteiger partial charge in [0.15, 0.2) is 0 Å². The molecule has 84 valence electrons. The van der Waals surface area contributed by atoms with E-state index < -0.39 is 13.1 Å². The van der Waals surface area contributed by atoms with E-state index in [9.17, 15) is 9.82 Å². The molecule has 0 atom stereocenters. The summed E-state index contributed by atoms with van der Waals surface area (Å²) in [5.41, 5.74) is 1.61. The summed E-state index contributed by atoms with van der Waals surface area (Å²) in [6.07, 6.45) is 0. The molecule has 0 amide bonds. The first-order chi connectivity index (χ1) is 7.69. The van der Waals surface area contributed by atoms with Crippen LogP contribution in [-0.4, -0.2) is 32.3 Å². The van der Waals surface area contributed by atoms with Crippen molar-refractivity contribution in [1.82, 2.24) is 0 Å². The molecule has 1 aromatic rings. The van der Waals surface area contributed by atoms with Crippen LogP contribution in [0.1, 0.15) is 15.9 Å². The molecule has 0 radical (unpaired) electrons. The molecular formula is C10H11BO5. The molecule has 1 aliphatic heterocycles. The standard InChI is InChI=1S/C10H11BO5/c1-14-9-7(10(12)15-2)4-3-6-5-16-11(13)8(6)9/h3-4,13H,5H2,1-2H3. The second-order valence-corrected chi connectivity index (χ2v) is 3.37. The maximum atomic E-state index is 11.5. The van der Waals surface area contributed by atoms with Crippen LogP contribution in [0.3, 0.4) is 0 Å².